The molecule has 5 aromatic carbocycles. The predicted octanol–water partition coefficient (Wildman–Crippen LogP) is 9.47. The van der Waals surface area contributed by atoms with E-state index in [0.29, 0.717) is 5.92 Å². The summed E-state index contributed by atoms with van der Waals surface area (Å²) in [6.45, 7) is 8.84. The lowest BCUT2D eigenvalue weighted by Crippen LogP contribution is -2.40. The van der Waals surface area contributed by atoms with E-state index in [9.17, 15) is 0 Å². The van der Waals surface area contributed by atoms with Gasteiger partial charge in [0, 0.05) is 23.1 Å². The van der Waals surface area contributed by atoms with Crippen molar-refractivity contribution in [3.63, 3.8) is 0 Å². The van der Waals surface area contributed by atoms with E-state index in [-0.39, 0.29) is 0 Å². The number of hydrogen-bond donors (Lipinski definition) is 0. The Labute approximate surface area is 253 Å². The summed E-state index contributed by atoms with van der Waals surface area (Å²) < 4.78 is 6.65. The van der Waals surface area contributed by atoms with Crippen LogP contribution in [0.1, 0.15) is 30.0 Å². The second-order valence-corrected chi connectivity index (χ2v) is 12.4. The molecule has 0 radical (unpaired) electrons. The van der Waals surface area contributed by atoms with Gasteiger partial charge in [0.05, 0.1) is 0 Å². The van der Waals surface area contributed by atoms with Gasteiger partial charge in [-0.05, 0) is 113 Å². The lowest BCUT2D eigenvalue weighted by molar-refractivity contribution is 0.468. The molecule has 8 rings (SSSR count). The molecule has 0 fully saturated rings. The molecule has 2 aliphatic carbocycles. The molecular formula is C42H34O. The summed E-state index contributed by atoms with van der Waals surface area (Å²) in [7, 11) is 0. The zero-order chi connectivity index (χ0) is 29.2. The van der Waals surface area contributed by atoms with Gasteiger partial charge in [-0.3, -0.25) is 0 Å². The highest BCUT2D eigenvalue weighted by molar-refractivity contribution is 5.85. The second-order valence-electron chi connectivity index (χ2n) is 12.4. The van der Waals surface area contributed by atoms with Crippen LogP contribution < -0.4 is 15.2 Å². The van der Waals surface area contributed by atoms with Gasteiger partial charge in [-0.25, -0.2) is 0 Å². The van der Waals surface area contributed by atoms with E-state index in [1.165, 1.54) is 82.8 Å². The van der Waals surface area contributed by atoms with Crippen LogP contribution in [0.25, 0.3) is 55.8 Å². The third-order valence-corrected chi connectivity index (χ3v) is 9.46. The number of hydrogen-bond acceptors (Lipinski definition) is 1. The zero-order valence-corrected chi connectivity index (χ0v) is 25.2. The van der Waals surface area contributed by atoms with E-state index in [2.05, 4.69) is 143 Å². The van der Waals surface area contributed by atoms with E-state index in [0.717, 1.165) is 17.9 Å². The molecule has 0 amide bonds. The fourth-order valence-electron chi connectivity index (χ4n) is 7.54. The lowest BCUT2D eigenvalue weighted by atomic mass is 9.78. The first-order chi connectivity index (χ1) is 20.9. The Morgan fingerprint density at radius 2 is 1.28 bits per heavy atom. The van der Waals surface area contributed by atoms with Crippen LogP contribution in [0.2, 0.25) is 0 Å². The molecule has 0 saturated carbocycles. The second kappa shape index (κ2) is 9.85. The van der Waals surface area contributed by atoms with Crippen molar-refractivity contribution in [2.45, 2.75) is 34.1 Å². The van der Waals surface area contributed by atoms with Crippen molar-refractivity contribution in [1.82, 2.24) is 0 Å². The van der Waals surface area contributed by atoms with Crippen molar-refractivity contribution in [1.29, 1.82) is 0 Å². The third-order valence-electron chi connectivity index (χ3n) is 9.46. The van der Waals surface area contributed by atoms with Crippen molar-refractivity contribution in [3.8, 4) is 50.3 Å². The van der Waals surface area contributed by atoms with Gasteiger partial charge in [-0.1, -0.05) is 102 Å². The molecule has 0 spiro atoms. The summed E-state index contributed by atoms with van der Waals surface area (Å²) in [5.74, 6) is 2.44. The first-order valence-electron chi connectivity index (χ1n) is 15.3. The lowest BCUT2D eigenvalue weighted by Gasteiger charge is -2.31. The summed E-state index contributed by atoms with van der Waals surface area (Å²) >= 11 is 0. The van der Waals surface area contributed by atoms with Gasteiger partial charge in [0.25, 0.3) is 0 Å². The number of benzene rings is 5. The van der Waals surface area contributed by atoms with Gasteiger partial charge < -0.3 is 4.74 Å². The van der Waals surface area contributed by atoms with Crippen molar-refractivity contribution >= 4 is 11.3 Å². The summed E-state index contributed by atoms with van der Waals surface area (Å²) in [6, 6.07) is 35.9. The van der Waals surface area contributed by atoms with Crippen molar-refractivity contribution in [2.24, 2.45) is 5.92 Å². The van der Waals surface area contributed by atoms with Crippen molar-refractivity contribution in [2.75, 3.05) is 0 Å². The van der Waals surface area contributed by atoms with Gasteiger partial charge in [-0.15, -0.1) is 0 Å². The summed E-state index contributed by atoms with van der Waals surface area (Å²) in [5, 5.41) is 2.58. The molecule has 1 heterocycles. The van der Waals surface area contributed by atoms with E-state index in [1.807, 2.05) is 0 Å². The van der Waals surface area contributed by atoms with Gasteiger partial charge >= 0.3 is 0 Å². The fourth-order valence-corrected chi connectivity index (χ4v) is 7.54. The minimum atomic E-state index is 0.392. The Kier molecular flexibility index (Phi) is 5.91. The van der Waals surface area contributed by atoms with Crippen LogP contribution in [0, 0.1) is 26.7 Å². The fraction of sp³-hybridized carbons (Fsp3) is 0.143. The van der Waals surface area contributed by atoms with Crippen LogP contribution in [0.3, 0.4) is 0 Å². The molecule has 0 bridgehead atoms. The SMILES string of the molecule is CC1=CC=CC2=c3cccc4c3=C(CC12)Oc1ccc(-c2cccc(-c3cccc(-c5c(C)cc(C)cc5C)c3)c2)cc1-4. The van der Waals surface area contributed by atoms with E-state index in [4.69, 9.17) is 4.74 Å². The molecule has 208 valence electrons. The Morgan fingerprint density at radius 3 is 2.02 bits per heavy atom. The van der Waals surface area contributed by atoms with Crippen LogP contribution in [0.5, 0.6) is 5.75 Å². The molecule has 1 atom stereocenters. The van der Waals surface area contributed by atoms with Gasteiger partial charge in [-0.2, -0.15) is 0 Å². The molecule has 0 aromatic heterocycles. The van der Waals surface area contributed by atoms with Crippen LogP contribution in [0.4, 0.5) is 0 Å². The summed E-state index contributed by atoms with van der Waals surface area (Å²) in [6.07, 6.45) is 7.63. The van der Waals surface area contributed by atoms with Crippen LogP contribution in [0.15, 0.2) is 121 Å². The predicted molar refractivity (Wildman–Crippen MR) is 180 cm³/mol. The van der Waals surface area contributed by atoms with Crippen LogP contribution in [-0.4, -0.2) is 0 Å². The quantitative estimate of drug-likeness (QED) is 0.216. The molecule has 1 nitrogen and oxygen atoms in total. The van der Waals surface area contributed by atoms with Crippen LogP contribution in [-0.2, 0) is 0 Å². The van der Waals surface area contributed by atoms with E-state index < -0.39 is 0 Å². The zero-order valence-electron chi connectivity index (χ0n) is 25.2. The molecular weight excluding hydrogens is 520 g/mol. The first kappa shape index (κ1) is 25.8. The number of rotatable bonds is 3. The molecule has 0 saturated heterocycles. The van der Waals surface area contributed by atoms with Gasteiger partial charge in [0.1, 0.15) is 11.5 Å². The largest absolute Gasteiger partial charge is 0.460 e. The normalized spacial score (nSPS) is 16.2. The first-order valence-corrected chi connectivity index (χ1v) is 15.3. The number of aryl methyl sites for hydroxylation is 3. The standard InChI is InChI=1S/C42H34O/c1-25-19-27(3)41(28(4)20-25)33-13-7-12-31(22-33)29-10-6-11-30(21-29)32-17-18-39-38(23-32)36-16-8-15-35-34-14-5-9-26(2)37(34)24-40(43-39)42(35)36/h5-23,37H,24H2,1-4H3. The molecule has 3 aliphatic rings. The van der Waals surface area contributed by atoms with Gasteiger partial charge in [0.2, 0.25) is 0 Å². The van der Waals surface area contributed by atoms with Crippen molar-refractivity contribution < 1.29 is 4.74 Å². The maximum Gasteiger partial charge on any atom is 0.134 e. The van der Waals surface area contributed by atoms with E-state index >= 15 is 0 Å². The third kappa shape index (κ3) is 4.22. The van der Waals surface area contributed by atoms with Gasteiger partial charge in [0.15, 0.2) is 0 Å². The topological polar surface area (TPSA) is 9.23 Å². The minimum absolute atomic E-state index is 0.392. The van der Waals surface area contributed by atoms with E-state index in [1.54, 1.807) is 0 Å². The molecule has 1 unspecified atom stereocenters. The molecule has 1 aliphatic heterocycles. The Hall–Kier alpha value is -4.88. The average Bonchev–Trinajstić information content (AvgIpc) is 3.01. The summed E-state index contributed by atoms with van der Waals surface area (Å²) in [4.78, 5) is 0. The highest BCUT2D eigenvalue weighted by Crippen LogP contribution is 2.41. The maximum atomic E-state index is 6.65. The maximum absolute atomic E-state index is 6.65. The van der Waals surface area contributed by atoms with Crippen molar-refractivity contribution in [3.05, 3.63) is 148 Å². The number of ether oxygens (including phenoxy) is 1. The highest BCUT2D eigenvalue weighted by Gasteiger charge is 2.29. The smallest absolute Gasteiger partial charge is 0.134 e. The molecule has 0 N–H and O–H groups in total. The Bertz CT molecular complexity index is 2150. The highest BCUT2D eigenvalue weighted by atomic mass is 16.5. The number of fused-ring (bicyclic) bond motifs is 3. The molecule has 43 heavy (non-hydrogen) atoms. The number of allylic oxidation sites excluding steroid dienone is 4. The molecule has 5 aromatic rings. The monoisotopic (exact) mass is 554 g/mol. The Morgan fingerprint density at radius 1 is 0.628 bits per heavy atom. The molecule has 1 heteroatoms. The average molecular weight is 555 g/mol. The van der Waals surface area contributed by atoms with Crippen LogP contribution >= 0.6 is 0 Å². The minimum Gasteiger partial charge on any atom is -0.460 e. The summed E-state index contributed by atoms with van der Waals surface area (Å²) in [5.41, 5.74) is 16.7. The Balaban J connectivity index is 1.21.